The van der Waals surface area contributed by atoms with Crippen molar-refractivity contribution in [1.82, 2.24) is 10.6 Å². The molecule has 0 unspecified atom stereocenters. The third kappa shape index (κ3) is 8.22. The summed E-state index contributed by atoms with van der Waals surface area (Å²) < 4.78 is 10.2. The Labute approximate surface area is 177 Å². The molecule has 30 heavy (non-hydrogen) atoms. The maximum Gasteiger partial charge on any atom is 0.412 e. The van der Waals surface area contributed by atoms with Crippen LogP contribution in [0.25, 0.3) is 10.8 Å². The zero-order valence-electron chi connectivity index (χ0n) is 17.7. The molecule has 0 aliphatic heterocycles. The summed E-state index contributed by atoms with van der Waals surface area (Å²) in [5.74, 6) is 1.11. The summed E-state index contributed by atoms with van der Waals surface area (Å²) in [5.41, 5.74) is 0. The molecule has 6 nitrogen and oxygen atoms in total. The summed E-state index contributed by atoms with van der Waals surface area (Å²) in [5, 5.41) is 7.49. The molecule has 0 saturated carbocycles. The lowest BCUT2D eigenvalue weighted by atomic mass is 10.1. The largest absolute Gasteiger partial charge is 0.412 e. The van der Waals surface area contributed by atoms with Crippen molar-refractivity contribution in [2.75, 3.05) is 0 Å². The number of hydrogen-bond acceptors (Lipinski definition) is 4. The standard InChI is InChI=1S/C14H15NO2.C10H13NO2/c1-10(2)15-14(16)17-13-8-7-11-5-3-4-6-12(11)9-13;1-8(2)11-10(12)13-9-6-4-3-5-7-9/h3-10H,1-2H3,(H,15,16);3-8H,1-2H3,(H,11,12). The molecule has 3 rings (SSSR count). The predicted octanol–water partition coefficient (Wildman–Crippen LogP) is 5.52. The van der Waals surface area contributed by atoms with E-state index < -0.39 is 12.2 Å². The molecule has 0 radical (unpaired) electrons. The minimum Gasteiger partial charge on any atom is -0.410 e. The second-order valence-electron chi connectivity index (χ2n) is 7.20. The number of rotatable bonds is 4. The van der Waals surface area contributed by atoms with Gasteiger partial charge in [-0.3, -0.25) is 0 Å². The molecular formula is C24H28N2O4. The number of nitrogens with one attached hydrogen (secondary N) is 2. The van der Waals surface area contributed by atoms with Gasteiger partial charge in [-0.1, -0.05) is 48.5 Å². The molecule has 0 bridgehead atoms. The molecule has 0 aromatic heterocycles. The molecule has 0 atom stereocenters. The van der Waals surface area contributed by atoms with E-state index in [0.717, 1.165) is 10.8 Å². The molecule has 6 heteroatoms. The average molecular weight is 408 g/mol. The predicted molar refractivity (Wildman–Crippen MR) is 119 cm³/mol. The van der Waals surface area contributed by atoms with E-state index in [-0.39, 0.29) is 12.1 Å². The SMILES string of the molecule is CC(C)NC(=O)Oc1ccc2ccccc2c1.CC(C)NC(=O)Oc1ccccc1. The van der Waals surface area contributed by atoms with E-state index in [1.807, 2.05) is 82.3 Å². The maximum atomic E-state index is 11.4. The minimum absolute atomic E-state index is 0.0722. The highest BCUT2D eigenvalue weighted by Gasteiger charge is 2.06. The summed E-state index contributed by atoms with van der Waals surface area (Å²) in [4.78, 5) is 22.5. The van der Waals surface area contributed by atoms with Crippen LogP contribution in [-0.4, -0.2) is 24.3 Å². The highest BCUT2D eigenvalue weighted by atomic mass is 16.6. The smallest absolute Gasteiger partial charge is 0.410 e. The van der Waals surface area contributed by atoms with Gasteiger partial charge in [-0.05, 0) is 62.7 Å². The molecule has 2 amide bonds. The van der Waals surface area contributed by atoms with Crippen LogP contribution in [0, 0.1) is 0 Å². The van der Waals surface area contributed by atoms with Crippen molar-refractivity contribution < 1.29 is 19.1 Å². The van der Waals surface area contributed by atoms with Crippen LogP contribution in [0.3, 0.4) is 0 Å². The van der Waals surface area contributed by atoms with Crippen molar-refractivity contribution >= 4 is 23.0 Å². The van der Waals surface area contributed by atoms with E-state index >= 15 is 0 Å². The van der Waals surface area contributed by atoms with Crippen molar-refractivity contribution in [2.24, 2.45) is 0 Å². The zero-order valence-corrected chi connectivity index (χ0v) is 17.7. The quantitative estimate of drug-likeness (QED) is 0.596. The molecule has 0 saturated heterocycles. The lowest BCUT2D eigenvalue weighted by molar-refractivity contribution is 0.196. The Bertz CT molecular complexity index is 956. The van der Waals surface area contributed by atoms with Gasteiger partial charge < -0.3 is 20.1 Å². The van der Waals surface area contributed by atoms with E-state index in [1.165, 1.54) is 0 Å². The van der Waals surface area contributed by atoms with Crippen LogP contribution in [0.5, 0.6) is 11.5 Å². The summed E-state index contributed by atoms with van der Waals surface area (Å²) in [7, 11) is 0. The molecule has 0 spiro atoms. The van der Waals surface area contributed by atoms with Crippen LogP contribution in [0.2, 0.25) is 0 Å². The number of fused-ring (bicyclic) bond motifs is 1. The normalized spacial score (nSPS) is 10.2. The van der Waals surface area contributed by atoms with Crippen LogP contribution in [0.1, 0.15) is 27.7 Å². The van der Waals surface area contributed by atoms with Crippen molar-refractivity contribution in [1.29, 1.82) is 0 Å². The van der Waals surface area contributed by atoms with Crippen molar-refractivity contribution in [3.63, 3.8) is 0 Å². The van der Waals surface area contributed by atoms with Gasteiger partial charge in [0, 0.05) is 12.1 Å². The van der Waals surface area contributed by atoms with Gasteiger partial charge >= 0.3 is 12.2 Å². The Balaban J connectivity index is 0.000000222. The fraction of sp³-hybridized carbons (Fsp3) is 0.250. The van der Waals surface area contributed by atoms with Crippen LogP contribution in [0.15, 0.2) is 72.8 Å². The molecule has 0 heterocycles. The number of ether oxygens (including phenoxy) is 2. The molecule has 158 valence electrons. The maximum absolute atomic E-state index is 11.4. The van der Waals surface area contributed by atoms with Crippen LogP contribution >= 0.6 is 0 Å². The molecule has 0 aliphatic rings. The van der Waals surface area contributed by atoms with Gasteiger partial charge in [-0.25, -0.2) is 9.59 Å². The first-order chi connectivity index (χ1) is 14.3. The Morgan fingerprint density at radius 1 is 0.633 bits per heavy atom. The highest BCUT2D eigenvalue weighted by Crippen LogP contribution is 2.20. The highest BCUT2D eigenvalue weighted by molar-refractivity contribution is 5.84. The van der Waals surface area contributed by atoms with E-state index in [4.69, 9.17) is 9.47 Å². The molecule has 2 N–H and O–H groups in total. The number of para-hydroxylation sites is 1. The number of carbonyl (C=O) groups is 2. The molecule has 3 aromatic carbocycles. The van der Waals surface area contributed by atoms with E-state index in [1.54, 1.807) is 18.2 Å². The van der Waals surface area contributed by atoms with Crippen molar-refractivity contribution in [3.05, 3.63) is 72.8 Å². The first-order valence-corrected chi connectivity index (χ1v) is 9.84. The first kappa shape index (κ1) is 22.7. The molecule has 3 aromatic rings. The van der Waals surface area contributed by atoms with Gasteiger partial charge in [0.2, 0.25) is 0 Å². The second kappa shape index (κ2) is 11.5. The summed E-state index contributed by atoms with van der Waals surface area (Å²) in [6.45, 7) is 7.54. The van der Waals surface area contributed by atoms with Gasteiger partial charge in [-0.15, -0.1) is 0 Å². The summed E-state index contributed by atoms with van der Waals surface area (Å²) in [6.07, 6.45) is -0.837. The summed E-state index contributed by atoms with van der Waals surface area (Å²) in [6, 6.07) is 22.7. The number of benzene rings is 3. The van der Waals surface area contributed by atoms with Crippen LogP contribution < -0.4 is 20.1 Å². The molecule has 0 aliphatic carbocycles. The third-order valence-electron chi connectivity index (χ3n) is 3.70. The number of amides is 2. The second-order valence-corrected chi connectivity index (χ2v) is 7.20. The Morgan fingerprint density at radius 3 is 1.70 bits per heavy atom. The van der Waals surface area contributed by atoms with Gasteiger partial charge in [0.25, 0.3) is 0 Å². The van der Waals surface area contributed by atoms with E-state index in [9.17, 15) is 9.59 Å². The van der Waals surface area contributed by atoms with Gasteiger partial charge in [0.05, 0.1) is 0 Å². The lowest BCUT2D eigenvalue weighted by Crippen LogP contribution is -2.32. The topological polar surface area (TPSA) is 76.7 Å². The van der Waals surface area contributed by atoms with Gasteiger partial charge in [0.15, 0.2) is 0 Å². The Hall–Kier alpha value is -3.54. The van der Waals surface area contributed by atoms with E-state index in [2.05, 4.69) is 10.6 Å². The number of carbonyl (C=O) groups excluding carboxylic acids is 2. The Kier molecular flexibility index (Phi) is 8.69. The number of hydrogen-bond donors (Lipinski definition) is 2. The fourth-order valence-corrected chi connectivity index (χ4v) is 2.46. The van der Waals surface area contributed by atoms with Gasteiger partial charge in [0.1, 0.15) is 11.5 Å². The molecular weight excluding hydrogens is 380 g/mol. The van der Waals surface area contributed by atoms with Crippen LogP contribution in [-0.2, 0) is 0 Å². The Morgan fingerprint density at radius 2 is 1.13 bits per heavy atom. The van der Waals surface area contributed by atoms with Crippen LogP contribution in [0.4, 0.5) is 9.59 Å². The summed E-state index contributed by atoms with van der Waals surface area (Å²) >= 11 is 0. The monoisotopic (exact) mass is 408 g/mol. The fourth-order valence-electron chi connectivity index (χ4n) is 2.46. The first-order valence-electron chi connectivity index (χ1n) is 9.84. The minimum atomic E-state index is -0.421. The van der Waals surface area contributed by atoms with Crippen molar-refractivity contribution in [2.45, 2.75) is 39.8 Å². The lowest BCUT2D eigenvalue weighted by Gasteiger charge is -2.09. The van der Waals surface area contributed by atoms with Gasteiger partial charge in [-0.2, -0.15) is 0 Å². The molecule has 0 fully saturated rings. The average Bonchev–Trinajstić information content (AvgIpc) is 2.68. The third-order valence-corrected chi connectivity index (χ3v) is 3.70. The van der Waals surface area contributed by atoms with E-state index in [0.29, 0.717) is 11.5 Å². The zero-order chi connectivity index (χ0) is 21.9. The van der Waals surface area contributed by atoms with Crippen molar-refractivity contribution in [3.8, 4) is 11.5 Å².